The molecule has 3 nitrogen and oxygen atoms in total. The van der Waals surface area contributed by atoms with E-state index in [9.17, 15) is 5.11 Å². The van der Waals surface area contributed by atoms with Crippen molar-refractivity contribution in [2.45, 2.75) is 44.7 Å². The third kappa shape index (κ3) is 1.53. The Bertz CT molecular complexity index is 719. The maximum atomic E-state index is 9.78. The maximum Gasteiger partial charge on any atom is 0.134 e. The summed E-state index contributed by atoms with van der Waals surface area (Å²) in [7, 11) is 0. The van der Waals surface area contributed by atoms with E-state index in [-0.39, 0.29) is 0 Å². The Labute approximate surface area is 124 Å². The van der Waals surface area contributed by atoms with Crippen LogP contribution in [-0.2, 0) is 6.42 Å². The van der Waals surface area contributed by atoms with Crippen molar-refractivity contribution < 1.29 is 9.52 Å². The summed E-state index contributed by atoms with van der Waals surface area (Å²) in [5, 5.41) is 10.9. The van der Waals surface area contributed by atoms with Gasteiger partial charge in [0.1, 0.15) is 17.1 Å². The molecule has 1 saturated carbocycles. The topological polar surface area (TPSA) is 36.6 Å². The molecule has 1 aromatic carbocycles. The number of rotatable bonds is 0. The lowest BCUT2D eigenvalue weighted by molar-refractivity contribution is 0.0202. The van der Waals surface area contributed by atoms with Crippen LogP contribution in [0.15, 0.2) is 22.6 Å². The molecule has 0 amide bonds. The predicted octanol–water partition coefficient (Wildman–Crippen LogP) is 3.86. The van der Waals surface area contributed by atoms with E-state index in [1.165, 1.54) is 30.6 Å². The molecule has 1 N–H and O–H groups in total. The van der Waals surface area contributed by atoms with Gasteiger partial charge in [0.25, 0.3) is 0 Å². The van der Waals surface area contributed by atoms with E-state index < -0.39 is 0 Å². The van der Waals surface area contributed by atoms with Crippen LogP contribution < -0.4 is 0 Å². The molecule has 3 heterocycles. The molecule has 0 radical (unpaired) electrons. The highest BCUT2D eigenvalue weighted by Crippen LogP contribution is 2.53. The molecule has 3 aliphatic rings. The van der Waals surface area contributed by atoms with Gasteiger partial charge in [0.05, 0.1) is 6.04 Å². The van der Waals surface area contributed by atoms with Gasteiger partial charge < -0.3 is 9.52 Å². The summed E-state index contributed by atoms with van der Waals surface area (Å²) in [6, 6.07) is 6.67. The first kappa shape index (κ1) is 12.1. The lowest BCUT2D eigenvalue weighted by Crippen LogP contribution is -2.48. The third-order valence-corrected chi connectivity index (χ3v) is 6.22. The van der Waals surface area contributed by atoms with Crippen LogP contribution in [-0.4, -0.2) is 22.6 Å². The molecule has 21 heavy (non-hydrogen) atoms. The number of fused-ring (bicyclic) bond motifs is 8. The summed E-state index contributed by atoms with van der Waals surface area (Å²) in [6.07, 6.45) is 5.14. The SMILES string of the molecule is CC1C2CCC(C2)C2c3oc4ccc(O)cc4c3CCN12. The molecule has 2 fully saturated rings. The quantitative estimate of drug-likeness (QED) is 0.797. The van der Waals surface area contributed by atoms with Crippen molar-refractivity contribution in [1.82, 2.24) is 4.90 Å². The van der Waals surface area contributed by atoms with Crippen LogP contribution in [0, 0.1) is 11.8 Å². The molecule has 4 unspecified atom stereocenters. The van der Waals surface area contributed by atoms with Crippen LogP contribution in [0.4, 0.5) is 0 Å². The van der Waals surface area contributed by atoms with Gasteiger partial charge in [-0.3, -0.25) is 4.90 Å². The van der Waals surface area contributed by atoms with Crippen LogP contribution in [0.1, 0.15) is 43.6 Å². The molecular formula is C18H21NO2. The Kier molecular flexibility index (Phi) is 2.33. The van der Waals surface area contributed by atoms with E-state index >= 15 is 0 Å². The van der Waals surface area contributed by atoms with Gasteiger partial charge >= 0.3 is 0 Å². The van der Waals surface area contributed by atoms with E-state index in [4.69, 9.17) is 4.42 Å². The lowest BCUT2D eigenvalue weighted by Gasteiger charge is -2.46. The number of furan rings is 1. The van der Waals surface area contributed by atoms with Crippen molar-refractivity contribution in [1.29, 1.82) is 0 Å². The summed E-state index contributed by atoms with van der Waals surface area (Å²) >= 11 is 0. The smallest absolute Gasteiger partial charge is 0.134 e. The van der Waals surface area contributed by atoms with Gasteiger partial charge in [-0.05, 0) is 62.6 Å². The molecule has 110 valence electrons. The third-order valence-electron chi connectivity index (χ3n) is 6.22. The van der Waals surface area contributed by atoms with Gasteiger partial charge in [0.15, 0.2) is 0 Å². The van der Waals surface area contributed by atoms with E-state index in [0.717, 1.165) is 35.8 Å². The Balaban J connectivity index is 1.70. The first-order valence-electron chi connectivity index (χ1n) is 8.22. The van der Waals surface area contributed by atoms with Gasteiger partial charge in [0.2, 0.25) is 0 Å². The van der Waals surface area contributed by atoms with E-state index in [1.54, 1.807) is 6.07 Å². The fraction of sp³-hybridized carbons (Fsp3) is 0.556. The van der Waals surface area contributed by atoms with Gasteiger partial charge in [0, 0.05) is 23.5 Å². The summed E-state index contributed by atoms with van der Waals surface area (Å²) in [4.78, 5) is 2.69. The van der Waals surface area contributed by atoms with Crippen molar-refractivity contribution in [2.24, 2.45) is 11.8 Å². The highest BCUT2D eigenvalue weighted by atomic mass is 16.3. The second-order valence-corrected chi connectivity index (χ2v) is 7.13. The summed E-state index contributed by atoms with van der Waals surface area (Å²) < 4.78 is 6.26. The number of aromatic hydroxyl groups is 1. The second kappa shape index (κ2) is 4.04. The molecule has 2 aromatic rings. The summed E-state index contributed by atoms with van der Waals surface area (Å²) in [5.74, 6) is 3.19. The second-order valence-electron chi connectivity index (χ2n) is 7.13. The predicted molar refractivity (Wildman–Crippen MR) is 81.3 cm³/mol. The summed E-state index contributed by atoms with van der Waals surface area (Å²) in [6.45, 7) is 3.54. The minimum Gasteiger partial charge on any atom is -0.508 e. The van der Waals surface area contributed by atoms with Crippen molar-refractivity contribution in [3.63, 3.8) is 0 Å². The van der Waals surface area contributed by atoms with Crippen molar-refractivity contribution in [3.8, 4) is 5.75 Å². The molecule has 2 aliphatic heterocycles. The van der Waals surface area contributed by atoms with Gasteiger partial charge in [-0.15, -0.1) is 0 Å². The van der Waals surface area contributed by atoms with Crippen LogP contribution in [0.2, 0.25) is 0 Å². The number of hydrogen-bond acceptors (Lipinski definition) is 3. The Hall–Kier alpha value is -1.48. The average Bonchev–Trinajstić information content (AvgIpc) is 3.07. The molecule has 1 saturated heterocycles. The molecule has 0 spiro atoms. The number of piperidine rings is 1. The zero-order chi connectivity index (χ0) is 14.1. The van der Waals surface area contributed by atoms with Crippen molar-refractivity contribution in [2.75, 3.05) is 6.54 Å². The number of phenolic OH excluding ortho intramolecular Hbond substituents is 1. The van der Waals surface area contributed by atoms with E-state index in [0.29, 0.717) is 17.8 Å². The standard InChI is InChI=1S/C18H21NO2/c1-10-11-2-3-12(8-11)17-18-14(6-7-19(10)17)15-9-13(20)4-5-16(15)21-18/h4-5,9-12,17,20H,2-3,6-8H2,1H3. The fourth-order valence-electron chi connectivity index (χ4n) is 5.17. The molecule has 4 atom stereocenters. The summed E-state index contributed by atoms with van der Waals surface area (Å²) in [5.41, 5.74) is 2.28. The van der Waals surface area contributed by atoms with Gasteiger partial charge in [-0.1, -0.05) is 0 Å². The number of benzene rings is 1. The molecule has 1 aromatic heterocycles. The van der Waals surface area contributed by atoms with Crippen LogP contribution in [0.3, 0.4) is 0 Å². The Morgan fingerprint density at radius 2 is 2.10 bits per heavy atom. The molecule has 5 rings (SSSR count). The Morgan fingerprint density at radius 1 is 1.24 bits per heavy atom. The maximum absolute atomic E-state index is 9.78. The average molecular weight is 283 g/mol. The van der Waals surface area contributed by atoms with Gasteiger partial charge in [-0.25, -0.2) is 0 Å². The van der Waals surface area contributed by atoms with Crippen molar-refractivity contribution in [3.05, 3.63) is 29.5 Å². The highest BCUT2D eigenvalue weighted by Gasteiger charge is 2.48. The van der Waals surface area contributed by atoms with Crippen molar-refractivity contribution >= 4 is 11.0 Å². The monoisotopic (exact) mass is 283 g/mol. The zero-order valence-corrected chi connectivity index (χ0v) is 12.4. The highest BCUT2D eigenvalue weighted by molar-refractivity contribution is 5.84. The zero-order valence-electron chi connectivity index (χ0n) is 12.4. The molecule has 2 bridgehead atoms. The lowest BCUT2D eigenvalue weighted by atomic mass is 9.81. The van der Waals surface area contributed by atoms with Crippen LogP contribution >= 0.6 is 0 Å². The number of hydrogen-bond donors (Lipinski definition) is 1. The fourth-order valence-corrected chi connectivity index (χ4v) is 5.17. The minimum absolute atomic E-state index is 0.339. The van der Waals surface area contributed by atoms with Crippen LogP contribution in [0.5, 0.6) is 5.75 Å². The Morgan fingerprint density at radius 3 is 3.00 bits per heavy atom. The minimum atomic E-state index is 0.339. The van der Waals surface area contributed by atoms with E-state index in [1.807, 2.05) is 12.1 Å². The largest absolute Gasteiger partial charge is 0.508 e. The molecule has 1 aliphatic carbocycles. The van der Waals surface area contributed by atoms with E-state index in [2.05, 4.69) is 11.8 Å². The first-order chi connectivity index (χ1) is 10.2. The number of phenols is 1. The van der Waals surface area contributed by atoms with Gasteiger partial charge in [-0.2, -0.15) is 0 Å². The normalized spacial score (nSPS) is 34.9. The molecule has 3 heteroatoms. The number of nitrogens with zero attached hydrogens (tertiary/aromatic N) is 1. The molecular weight excluding hydrogens is 262 g/mol. The first-order valence-corrected chi connectivity index (χ1v) is 8.22. The van der Waals surface area contributed by atoms with Crippen LogP contribution in [0.25, 0.3) is 11.0 Å².